The van der Waals surface area contributed by atoms with Gasteiger partial charge in [-0.05, 0) is 40.0 Å². The van der Waals surface area contributed by atoms with Crippen LogP contribution in [0.4, 0.5) is 0 Å². The largest absolute Gasteiger partial charge is 0.462 e. The fourth-order valence-corrected chi connectivity index (χ4v) is 2.36. The van der Waals surface area contributed by atoms with Crippen LogP contribution in [0.2, 0.25) is 0 Å². The van der Waals surface area contributed by atoms with Crippen LogP contribution >= 0.6 is 0 Å². The molecule has 0 spiro atoms. The summed E-state index contributed by atoms with van der Waals surface area (Å²) < 4.78 is 5.61. The van der Waals surface area contributed by atoms with Crippen LogP contribution in [0.15, 0.2) is 0 Å². The summed E-state index contributed by atoms with van der Waals surface area (Å²) in [7, 11) is 0. The van der Waals surface area contributed by atoms with E-state index in [1.54, 1.807) is 0 Å². The molecule has 120 valence electrons. The predicted octanol–water partition coefficient (Wildman–Crippen LogP) is 5.89. The number of carbonyl (C=O) groups excluding carboxylic acids is 1. The van der Waals surface area contributed by atoms with Crippen LogP contribution in [0.25, 0.3) is 0 Å². The molecule has 1 atom stereocenters. The molecule has 0 radical (unpaired) electrons. The molecule has 0 aliphatic carbocycles. The van der Waals surface area contributed by atoms with Crippen molar-refractivity contribution in [1.82, 2.24) is 0 Å². The van der Waals surface area contributed by atoms with Gasteiger partial charge in [-0.1, -0.05) is 58.8 Å². The summed E-state index contributed by atoms with van der Waals surface area (Å²) in [4.78, 5) is 12.2. The van der Waals surface area contributed by atoms with Gasteiger partial charge < -0.3 is 4.74 Å². The van der Waals surface area contributed by atoms with Gasteiger partial charge in [0.1, 0.15) is 0 Å². The highest BCUT2D eigenvalue weighted by atomic mass is 16.5. The van der Waals surface area contributed by atoms with Gasteiger partial charge in [0.25, 0.3) is 0 Å². The van der Waals surface area contributed by atoms with Crippen molar-refractivity contribution in [1.29, 1.82) is 0 Å². The van der Waals surface area contributed by atoms with E-state index in [-0.39, 0.29) is 17.5 Å². The van der Waals surface area contributed by atoms with Gasteiger partial charge in [0.05, 0.1) is 11.5 Å². The molecule has 2 heteroatoms. The number of rotatable bonds is 12. The standard InChI is InChI=1S/C18H36O2/c1-6-8-10-12-14-16(3)20-17(19)18(4,5)15-13-11-9-7-2/h16H,6-15H2,1-5H3. The van der Waals surface area contributed by atoms with Crippen molar-refractivity contribution in [2.75, 3.05) is 0 Å². The van der Waals surface area contributed by atoms with Crippen molar-refractivity contribution in [2.24, 2.45) is 5.41 Å². The third-order valence-electron chi connectivity index (χ3n) is 3.98. The highest BCUT2D eigenvalue weighted by Gasteiger charge is 2.29. The molecule has 0 rings (SSSR count). The number of ether oxygens (including phenoxy) is 1. The monoisotopic (exact) mass is 284 g/mol. The van der Waals surface area contributed by atoms with Crippen LogP contribution in [0, 0.1) is 5.41 Å². The molecule has 0 aliphatic rings. The van der Waals surface area contributed by atoms with Gasteiger partial charge >= 0.3 is 5.97 Å². The minimum Gasteiger partial charge on any atom is -0.462 e. The Hall–Kier alpha value is -0.530. The minimum absolute atomic E-state index is 0.0167. The van der Waals surface area contributed by atoms with E-state index in [0.29, 0.717) is 0 Å². The summed E-state index contributed by atoms with van der Waals surface area (Å²) in [6, 6.07) is 0. The first-order valence-corrected chi connectivity index (χ1v) is 8.65. The van der Waals surface area contributed by atoms with E-state index in [4.69, 9.17) is 4.74 Å². The van der Waals surface area contributed by atoms with Crippen LogP contribution in [0.3, 0.4) is 0 Å². The maximum Gasteiger partial charge on any atom is 0.311 e. The lowest BCUT2D eigenvalue weighted by atomic mass is 9.87. The molecule has 0 bridgehead atoms. The highest BCUT2D eigenvalue weighted by Crippen LogP contribution is 2.26. The fourth-order valence-electron chi connectivity index (χ4n) is 2.36. The van der Waals surface area contributed by atoms with Gasteiger partial charge in [-0.3, -0.25) is 4.79 Å². The summed E-state index contributed by atoms with van der Waals surface area (Å²) in [6.45, 7) is 10.5. The number of carbonyl (C=O) groups is 1. The number of unbranched alkanes of at least 4 members (excludes halogenated alkanes) is 6. The van der Waals surface area contributed by atoms with Crippen molar-refractivity contribution in [3.63, 3.8) is 0 Å². The molecule has 0 fully saturated rings. The number of hydrogen-bond acceptors (Lipinski definition) is 2. The van der Waals surface area contributed by atoms with Crippen LogP contribution < -0.4 is 0 Å². The zero-order chi connectivity index (χ0) is 15.4. The zero-order valence-corrected chi connectivity index (χ0v) is 14.5. The van der Waals surface area contributed by atoms with Crippen LogP contribution in [-0.4, -0.2) is 12.1 Å². The molecular weight excluding hydrogens is 248 g/mol. The maximum absolute atomic E-state index is 12.2. The first-order valence-electron chi connectivity index (χ1n) is 8.65. The van der Waals surface area contributed by atoms with Crippen LogP contribution in [0.5, 0.6) is 0 Å². The second kappa shape index (κ2) is 11.2. The van der Waals surface area contributed by atoms with Gasteiger partial charge in [0, 0.05) is 0 Å². The topological polar surface area (TPSA) is 26.3 Å². The van der Waals surface area contributed by atoms with Crippen molar-refractivity contribution in [3.8, 4) is 0 Å². The molecule has 0 amide bonds. The Morgan fingerprint density at radius 1 is 0.950 bits per heavy atom. The minimum atomic E-state index is -0.328. The smallest absolute Gasteiger partial charge is 0.311 e. The first-order chi connectivity index (χ1) is 9.44. The molecule has 0 saturated carbocycles. The number of hydrogen-bond donors (Lipinski definition) is 0. The Morgan fingerprint density at radius 2 is 1.50 bits per heavy atom. The quantitative estimate of drug-likeness (QED) is 0.330. The second-order valence-corrected chi connectivity index (χ2v) is 6.76. The molecule has 0 aromatic carbocycles. The predicted molar refractivity (Wildman–Crippen MR) is 86.9 cm³/mol. The lowest BCUT2D eigenvalue weighted by Gasteiger charge is -2.25. The molecule has 20 heavy (non-hydrogen) atoms. The van der Waals surface area contributed by atoms with E-state index in [1.165, 1.54) is 44.9 Å². The molecule has 1 unspecified atom stereocenters. The van der Waals surface area contributed by atoms with Crippen LogP contribution in [-0.2, 0) is 9.53 Å². The highest BCUT2D eigenvalue weighted by molar-refractivity contribution is 5.76. The Kier molecular flexibility index (Phi) is 10.9. The Bertz CT molecular complexity index is 246. The van der Waals surface area contributed by atoms with E-state index in [0.717, 1.165) is 19.3 Å². The van der Waals surface area contributed by atoms with Crippen molar-refractivity contribution < 1.29 is 9.53 Å². The lowest BCUT2D eigenvalue weighted by molar-refractivity contribution is -0.159. The van der Waals surface area contributed by atoms with E-state index < -0.39 is 0 Å². The third-order valence-corrected chi connectivity index (χ3v) is 3.98. The average molecular weight is 284 g/mol. The summed E-state index contributed by atoms with van der Waals surface area (Å²) in [5.41, 5.74) is -0.328. The Morgan fingerprint density at radius 3 is 2.05 bits per heavy atom. The molecule has 0 aliphatic heterocycles. The van der Waals surface area contributed by atoms with E-state index in [9.17, 15) is 4.79 Å². The molecule has 0 saturated heterocycles. The molecule has 0 aromatic heterocycles. The number of esters is 1. The molecule has 0 N–H and O–H groups in total. The summed E-state index contributed by atoms with van der Waals surface area (Å²) >= 11 is 0. The van der Waals surface area contributed by atoms with Gasteiger partial charge in [-0.25, -0.2) is 0 Å². The van der Waals surface area contributed by atoms with Gasteiger partial charge in [-0.2, -0.15) is 0 Å². The average Bonchev–Trinajstić information content (AvgIpc) is 2.39. The SMILES string of the molecule is CCCCCCC(C)OC(=O)C(C)(C)CCCCCC. The fraction of sp³-hybridized carbons (Fsp3) is 0.944. The summed E-state index contributed by atoms with van der Waals surface area (Å²) in [6.07, 6.45) is 11.8. The van der Waals surface area contributed by atoms with Gasteiger partial charge in [0.15, 0.2) is 0 Å². The zero-order valence-electron chi connectivity index (χ0n) is 14.5. The van der Waals surface area contributed by atoms with E-state index in [1.807, 2.05) is 20.8 Å². The summed E-state index contributed by atoms with van der Waals surface area (Å²) in [5, 5.41) is 0. The third kappa shape index (κ3) is 9.39. The van der Waals surface area contributed by atoms with E-state index in [2.05, 4.69) is 13.8 Å². The van der Waals surface area contributed by atoms with Crippen molar-refractivity contribution >= 4 is 5.97 Å². The first kappa shape index (κ1) is 19.5. The second-order valence-electron chi connectivity index (χ2n) is 6.76. The van der Waals surface area contributed by atoms with Crippen molar-refractivity contribution in [2.45, 2.75) is 105 Å². The van der Waals surface area contributed by atoms with Gasteiger partial charge in [0.2, 0.25) is 0 Å². The summed E-state index contributed by atoms with van der Waals surface area (Å²) in [5.74, 6) is -0.0167. The van der Waals surface area contributed by atoms with Gasteiger partial charge in [-0.15, -0.1) is 0 Å². The van der Waals surface area contributed by atoms with E-state index >= 15 is 0 Å². The molecule has 0 heterocycles. The lowest BCUT2D eigenvalue weighted by Crippen LogP contribution is -2.29. The molecule has 0 aromatic rings. The van der Waals surface area contributed by atoms with Crippen LogP contribution in [0.1, 0.15) is 98.8 Å². The Labute approximate surface area is 126 Å². The molecular formula is C18H36O2. The molecule has 2 nitrogen and oxygen atoms in total. The Balaban J connectivity index is 3.90. The normalized spacial score (nSPS) is 13.2. The maximum atomic E-state index is 12.2. The van der Waals surface area contributed by atoms with Crippen molar-refractivity contribution in [3.05, 3.63) is 0 Å².